The van der Waals surface area contributed by atoms with Crippen molar-refractivity contribution in [2.75, 3.05) is 14.2 Å². The SMILES string of the molecule is COC(=O)C1=C(C)OC(C)=C(C(=O)OC)C1c1ccc(Cl)cc1. The number of carbonyl (C=O) groups is 2. The minimum Gasteiger partial charge on any atom is -0.466 e. The second-order valence-corrected chi connectivity index (χ2v) is 5.45. The van der Waals surface area contributed by atoms with Gasteiger partial charge in [0.2, 0.25) is 0 Å². The van der Waals surface area contributed by atoms with Gasteiger partial charge in [-0.25, -0.2) is 9.59 Å². The molecule has 1 aromatic rings. The van der Waals surface area contributed by atoms with E-state index in [2.05, 4.69) is 0 Å². The van der Waals surface area contributed by atoms with Gasteiger partial charge in [0.05, 0.1) is 31.3 Å². The standard InChI is InChI=1S/C17H17ClO5/c1-9-13(16(19)21-3)15(11-5-7-12(18)8-6-11)14(10(2)23-9)17(20)22-4/h5-8,15H,1-4H3. The number of allylic oxidation sites excluding steroid dienone is 2. The second kappa shape index (κ2) is 6.87. The summed E-state index contributed by atoms with van der Waals surface area (Å²) in [6.45, 7) is 3.32. The Hall–Kier alpha value is -2.27. The van der Waals surface area contributed by atoms with Crippen LogP contribution in [0.4, 0.5) is 0 Å². The fourth-order valence-corrected chi connectivity index (χ4v) is 2.75. The van der Waals surface area contributed by atoms with Crippen LogP contribution in [0.5, 0.6) is 0 Å². The van der Waals surface area contributed by atoms with E-state index in [-0.39, 0.29) is 11.1 Å². The average Bonchev–Trinajstić information content (AvgIpc) is 2.53. The van der Waals surface area contributed by atoms with Crippen LogP contribution in [0.25, 0.3) is 0 Å². The number of hydrogen-bond acceptors (Lipinski definition) is 5. The molecule has 0 saturated carbocycles. The van der Waals surface area contributed by atoms with Crippen LogP contribution in [0, 0.1) is 0 Å². The fraction of sp³-hybridized carbons (Fsp3) is 0.294. The van der Waals surface area contributed by atoms with Gasteiger partial charge in [-0.05, 0) is 31.5 Å². The lowest BCUT2D eigenvalue weighted by Crippen LogP contribution is -2.26. The summed E-state index contributed by atoms with van der Waals surface area (Å²) in [5.74, 6) is -0.975. The van der Waals surface area contributed by atoms with Crippen molar-refractivity contribution >= 4 is 23.5 Å². The monoisotopic (exact) mass is 336 g/mol. The molecule has 1 heterocycles. The first kappa shape index (κ1) is 17.1. The Morgan fingerprint density at radius 2 is 1.39 bits per heavy atom. The maximum absolute atomic E-state index is 12.2. The topological polar surface area (TPSA) is 61.8 Å². The minimum atomic E-state index is -0.638. The van der Waals surface area contributed by atoms with Crippen LogP contribution >= 0.6 is 11.6 Å². The fourth-order valence-electron chi connectivity index (χ4n) is 2.62. The summed E-state index contributed by atoms with van der Waals surface area (Å²) in [7, 11) is 2.56. The van der Waals surface area contributed by atoms with Gasteiger partial charge >= 0.3 is 11.9 Å². The highest BCUT2D eigenvalue weighted by Crippen LogP contribution is 2.41. The summed E-state index contributed by atoms with van der Waals surface area (Å²) >= 11 is 5.93. The lowest BCUT2D eigenvalue weighted by Gasteiger charge is -2.28. The molecule has 0 fully saturated rings. The molecule has 122 valence electrons. The zero-order chi connectivity index (χ0) is 17.1. The molecular formula is C17H17ClO5. The normalized spacial score (nSPS) is 15.3. The largest absolute Gasteiger partial charge is 0.466 e. The van der Waals surface area contributed by atoms with E-state index in [1.54, 1.807) is 38.1 Å². The molecule has 5 nitrogen and oxygen atoms in total. The molecule has 0 radical (unpaired) electrons. The molecule has 0 spiro atoms. The molecule has 23 heavy (non-hydrogen) atoms. The van der Waals surface area contributed by atoms with E-state index < -0.39 is 17.9 Å². The lowest BCUT2D eigenvalue weighted by molar-refractivity contribution is -0.137. The summed E-state index contributed by atoms with van der Waals surface area (Å²) in [5, 5.41) is 0.557. The lowest BCUT2D eigenvalue weighted by atomic mass is 9.82. The number of carbonyl (C=O) groups excluding carboxylic acids is 2. The summed E-state index contributed by atoms with van der Waals surface area (Å²) in [6, 6.07) is 6.90. The Morgan fingerprint density at radius 1 is 0.957 bits per heavy atom. The van der Waals surface area contributed by atoms with Crippen molar-refractivity contribution in [1.29, 1.82) is 0 Å². The third-order valence-electron chi connectivity index (χ3n) is 3.66. The number of halogens is 1. The number of methoxy groups -OCH3 is 2. The van der Waals surface area contributed by atoms with Crippen molar-refractivity contribution in [2.24, 2.45) is 0 Å². The number of benzene rings is 1. The van der Waals surface area contributed by atoms with Crippen molar-refractivity contribution in [3.63, 3.8) is 0 Å². The highest BCUT2D eigenvalue weighted by atomic mass is 35.5. The molecule has 0 atom stereocenters. The van der Waals surface area contributed by atoms with E-state index in [0.717, 1.165) is 5.56 Å². The van der Waals surface area contributed by atoms with Crippen LogP contribution in [-0.4, -0.2) is 26.2 Å². The summed E-state index contributed by atoms with van der Waals surface area (Å²) in [5.41, 5.74) is 1.25. The Labute approximate surface area is 139 Å². The Bertz CT molecular complexity index is 662. The van der Waals surface area contributed by atoms with Crippen LogP contribution in [0.15, 0.2) is 46.9 Å². The number of ether oxygens (including phenoxy) is 3. The third-order valence-corrected chi connectivity index (χ3v) is 3.91. The van der Waals surface area contributed by atoms with Crippen LogP contribution in [0.1, 0.15) is 25.3 Å². The molecule has 2 rings (SSSR count). The summed E-state index contributed by atoms with van der Waals surface area (Å²) in [6.07, 6.45) is 0. The zero-order valence-corrected chi connectivity index (χ0v) is 14.1. The van der Waals surface area contributed by atoms with Crippen LogP contribution < -0.4 is 0 Å². The van der Waals surface area contributed by atoms with Crippen molar-refractivity contribution in [1.82, 2.24) is 0 Å². The van der Waals surface area contributed by atoms with E-state index in [9.17, 15) is 9.59 Å². The number of hydrogen-bond donors (Lipinski definition) is 0. The Balaban J connectivity index is 2.66. The van der Waals surface area contributed by atoms with Gasteiger partial charge in [0.15, 0.2) is 0 Å². The molecule has 1 aliphatic rings. The van der Waals surface area contributed by atoms with Crippen LogP contribution in [-0.2, 0) is 23.8 Å². The van der Waals surface area contributed by atoms with Crippen LogP contribution in [0.2, 0.25) is 5.02 Å². The van der Waals surface area contributed by atoms with E-state index >= 15 is 0 Å². The van der Waals surface area contributed by atoms with E-state index in [1.807, 2.05) is 0 Å². The molecule has 6 heteroatoms. The second-order valence-electron chi connectivity index (χ2n) is 5.01. The van der Waals surface area contributed by atoms with Gasteiger partial charge in [0.25, 0.3) is 0 Å². The molecule has 0 unspecified atom stereocenters. The van der Waals surface area contributed by atoms with E-state index in [1.165, 1.54) is 14.2 Å². The summed E-state index contributed by atoms with van der Waals surface area (Å²) in [4.78, 5) is 24.5. The number of esters is 2. The van der Waals surface area contributed by atoms with E-state index in [0.29, 0.717) is 16.5 Å². The third kappa shape index (κ3) is 3.24. The molecule has 0 saturated heterocycles. The zero-order valence-electron chi connectivity index (χ0n) is 13.3. The van der Waals surface area contributed by atoms with Gasteiger partial charge in [0.1, 0.15) is 11.5 Å². The van der Waals surface area contributed by atoms with Gasteiger partial charge in [-0.1, -0.05) is 23.7 Å². The van der Waals surface area contributed by atoms with Gasteiger partial charge in [-0.2, -0.15) is 0 Å². The molecule has 0 aliphatic carbocycles. The maximum Gasteiger partial charge on any atom is 0.338 e. The first-order valence-electron chi connectivity index (χ1n) is 6.92. The average molecular weight is 337 g/mol. The molecule has 0 bridgehead atoms. The van der Waals surface area contributed by atoms with Crippen molar-refractivity contribution < 1.29 is 23.8 Å². The minimum absolute atomic E-state index is 0.265. The molecule has 0 aromatic heterocycles. The van der Waals surface area contributed by atoms with Gasteiger partial charge < -0.3 is 14.2 Å². The van der Waals surface area contributed by atoms with Gasteiger partial charge in [0, 0.05) is 5.02 Å². The van der Waals surface area contributed by atoms with E-state index in [4.69, 9.17) is 25.8 Å². The molecule has 1 aliphatic heterocycles. The first-order valence-corrected chi connectivity index (χ1v) is 7.30. The van der Waals surface area contributed by atoms with Crippen molar-refractivity contribution in [3.05, 3.63) is 57.5 Å². The molecule has 0 amide bonds. The maximum atomic E-state index is 12.2. The van der Waals surface area contributed by atoms with Crippen molar-refractivity contribution in [3.8, 4) is 0 Å². The highest BCUT2D eigenvalue weighted by molar-refractivity contribution is 6.30. The Kier molecular flexibility index (Phi) is 5.11. The first-order chi connectivity index (χ1) is 10.9. The number of rotatable bonds is 3. The molecule has 0 N–H and O–H groups in total. The van der Waals surface area contributed by atoms with Gasteiger partial charge in [-0.3, -0.25) is 0 Å². The van der Waals surface area contributed by atoms with Gasteiger partial charge in [-0.15, -0.1) is 0 Å². The van der Waals surface area contributed by atoms with Crippen molar-refractivity contribution in [2.45, 2.75) is 19.8 Å². The Morgan fingerprint density at radius 3 is 1.78 bits per heavy atom. The molecular weight excluding hydrogens is 320 g/mol. The predicted molar refractivity (Wildman–Crippen MR) is 84.7 cm³/mol. The summed E-state index contributed by atoms with van der Waals surface area (Å²) < 4.78 is 15.3. The smallest absolute Gasteiger partial charge is 0.338 e. The highest BCUT2D eigenvalue weighted by Gasteiger charge is 2.38. The predicted octanol–water partition coefficient (Wildman–Crippen LogP) is 3.35. The molecule has 1 aromatic carbocycles. The quantitative estimate of drug-likeness (QED) is 0.792. The van der Waals surface area contributed by atoms with Crippen LogP contribution in [0.3, 0.4) is 0 Å².